The van der Waals surface area contributed by atoms with Gasteiger partial charge in [-0.05, 0) is 32.0 Å². The number of ether oxygens (including phenoxy) is 3. The Morgan fingerprint density at radius 2 is 1.95 bits per heavy atom. The van der Waals surface area contributed by atoms with Gasteiger partial charge < -0.3 is 29.5 Å². The number of aromatic nitrogens is 2. The van der Waals surface area contributed by atoms with Crippen molar-refractivity contribution in [3.05, 3.63) is 47.5 Å². The van der Waals surface area contributed by atoms with E-state index >= 15 is 0 Å². The van der Waals surface area contributed by atoms with Crippen LogP contribution in [0.25, 0.3) is 10.3 Å². The van der Waals surface area contributed by atoms with Gasteiger partial charge in [0.1, 0.15) is 17.0 Å². The summed E-state index contributed by atoms with van der Waals surface area (Å²) in [5, 5.41) is 21.6. The summed E-state index contributed by atoms with van der Waals surface area (Å²) in [5.41, 5.74) is 0.998. The predicted octanol–water partition coefficient (Wildman–Crippen LogP) is 2.68. The van der Waals surface area contributed by atoms with Crippen LogP contribution >= 0.6 is 11.3 Å². The number of fused-ring (bicyclic) bond motifs is 1. The number of carbonyl (C=O) groups excluding carboxylic acids is 1. The number of hydrogen-bond acceptors (Lipinski definition) is 11. The molecule has 4 heterocycles. The molecule has 3 atom stereocenters. The number of nitrogens with zero attached hydrogens (tertiary/aromatic N) is 3. The van der Waals surface area contributed by atoms with Crippen LogP contribution in [-0.2, 0) is 24.7 Å². The normalized spacial score (nSPS) is 21.2. The largest absolute Gasteiger partial charge is 0.476 e. The average Bonchev–Trinajstić information content (AvgIpc) is 3.71. The summed E-state index contributed by atoms with van der Waals surface area (Å²) < 4.78 is 16.5. The number of anilines is 1. The molecule has 0 radical (unpaired) electrons. The second kappa shape index (κ2) is 12.3. The molecule has 3 N–H and O–H groups in total. The quantitative estimate of drug-likeness (QED) is 0.185. The summed E-state index contributed by atoms with van der Waals surface area (Å²) in [6.07, 6.45) is 1.27. The highest BCUT2D eigenvalue weighted by Crippen LogP contribution is 2.35. The van der Waals surface area contributed by atoms with Crippen molar-refractivity contribution in [2.75, 3.05) is 51.9 Å². The summed E-state index contributed by atoms with van der Waals surface area (Å²) in [6.45, 7) is 5.17. The molecule has 0 spiro atoms. The fraction of sp³-hybridized carbons (Fsp3) is 0.481. The van der Waals surface area contributed by atoms with Crippen molar-refractivity contribution >= 4 is 38.4 Å². The second-order valence-electron chi connectivity index (χ2n) is 9.72. The zero-order valence-electron chi connectivity index (χ0n) is 22.0. The molecule has 2 aliphatic heterocycles. The smallest absolute Gasteiger partial charge is 0.280 e. The SMILES string of the molecule is CNCCOc1ccc2nc(NC(=O)/C(=N\O[C@@H]3CCOC3)c3ccc(C(C)(O)[C@H]4CCOC4)cc3)sc2n1. The van der Waals surface area contributed by atoms with Gasteiger partial charge in [-0.2, -0.15) is 0 Å². The van der Waals surface area contributed by atoms with Crippen molar-refractivity contribution in [3.63, 3.8) is 0 Å². The lowest BCUT2D eigenvalue weighted by Crippen LogP contribution is -2.32. The van der Waals surface area contributed by atoms with Gasteiger partial charge in [-0.1, -0.05) is 40.8 Å². The minimum absolute atomic E-state index is 0.00681. The lowest BCUT2D eigenvalue weighted by atomic mass is 9.82. The van der Waals surface area contributed by atoms with Gasteiger partial charge in [-0.3, -0.25) is 10.1 Å². The maximum atomic E-state index is 13.4. The van der Waals surface area contributed by atoms with Crippen LogP contribution in [0.4, 0.5) is 5.13 Å². The van der Waals surface area contributed by atoms with E-state index in [1.165, 1.54) is 11.3 Å². The highest BCUT2D eigenvalue weighted by Gasteiger charge is 2.36. The Hall–Kier alpha value is -3.16. The third-order valence-electron chi connectivity index (χ3n) is 6.92. The summed E-state index contributed by atoms with van der Waals surface area (Å²) in [6, 6.07) is 10.7. The molecule has 1 amide bonds. The van der Waals surface area contributed by atoms with E-state index in [0.29, 0.717) is 72.9 Å². The first-order chi connectivity index (χ1) is 18.9. The Kier molecular flexibility index (Phi) is 8.68. The molecule has 1 unspecified atom stereocenters. The third-order valence-corrected chi connectivity index (χ3v) is 7.80. The fourth-order valence-electron chi connectivity index (χ4n) is 4.48. The molecule has 0 bridgehead atoms. The number of thiazole rings is 1. The van der Waals surface area contributed by atoms with E-state index in [1.807, 2.05) is 19.2 Å². The zero-order chi connectivity index (χ0) is 27.2. The summed E-state index contributed by atoms with van der Waals surface area (Å²) in [4.78, 5) is 28.7. The predicted molar refractivity (Wildman–Crippen MR) is 147 cm³/mol. The minimum atomic E-state index is -1.05. The minimum Gasteiger partial charge on any atom is -0.476 e. The van der Waals surface area contributed by atoms with Crippen LogP contribution in [0.2, 0.25) is 0 Å². The lowest BCUT2D eigenvalue weighted by Gasteiger charge is -2.29. The molecule has 208 valence electrons. The number of amides is 1. The number of hydrogen-bond donors (Lipinski definition) is 3. The molecule has 11 nitrogen and oxygen atoms in total. The molecule has 2 aromatic heterocycles. The van der Waals surface area contributed by atoms with Crippen molar-refractivity contribution < 1.29 is 28.9 Å². The molecule has 5 rings (SSSR count). The van der Waals surface area contributed by atoms with Crippen LogP contribution < -0.4 is 15.4 Å². The first kappa shape index (κ1) is 27.4. The molecule has 2 saturated heterocycles. The molecule has 2 aliphatic rings. The van der Waals surface area contributed by atoms with E-state index in [0.717, 1.165) is 12.0 Å². The number of rotatable bonds is 11. The van der Waals surface area contributed by atoms with Crippen LogP contribution in [0, 0.1) is 5.92 Å². The molecule has 0 saturated carbocycles. The number of carbonyl (C=O) groups is 1. The Bertz CT molecular complexity index is 1300. The average molecular weight is 556 g/mol. The topological polar surface area (TPSA) is 136 Å². The van der Waals surface area contributed by atoms with Crippen LogP contribution in [-0.4, -0.2) is 79.4 Å². The van der Waals surface area contributed by atoms with E-state index < -0.39 is 11.5 Å². The van der Waals surface area contributed by atoms with Crippen molar-refractivity contribution in [2.24, 2.45) is 11.1 Å². The van der Waals surface area contributed by atoms with Gasteiger partial charge in [0.25, 0.3) is 5.91 Å². The number of nitrogens with one attached hydrogen (secondary N) is 2. The van der Waals surface area contributed by atoms with Crippen molar-refractivity contribution in [2.45, 2.75) is 31.5 Å². The number of likely N-dealkylation sites (N-methyl/N-ethyl adjacent to an activating group) is 1. The first-order valence-electron chi connectivity index (χ1n) is 13.0. The highest BCUT2D eigenvalue weighted by atomic mass is 32.1. The summed E-state index contributed by atoms with van der Waals surface area (Å²) in [5.74, 6) is 0.0309. The molecular weight excluding hydrogens is 522 g/mol. The van der Waals surface area contributed by atoms with E-state index in [9.17, 15) is 9.90 Å². The van der Waals surface area contributed by atoms with Gasteiger partial charge in [-0.25, -0.2) is 9.97 Å². The van der Waals surface area contributed by atoms with Crippen molar-refractivity contribution in [3.8, 4) is 5.88 Å². The van der Waals surface area contributed by atoms with Gasteiger partial charge in [0.2, 0.25) is 5.88 Å². The van der Waals surface area contributed by atoms with Crippen molar-refractivity contribution in [1.82, 2.24) is 15.3 Å². The second-order valence-corrected chi connectivity index (χ2v) is 10.7. The number of benzene rings is 1. The highest BCUT2D eigenvalue weighted by molar-refractivity contribution is 7.22. The Labute approximate surface area is 230 Å². The third kappa shape index (κ3) is 6.53. The Morgan fingerprint density at radius 3 is 2.67 bits per heavy atom. The van der Waals surface area contributed by atoms with Gasteiger partial charge >= 0.3 is 0 Å². The molecule has 12 heteroatoms. The lowest BCUT2D eigenvalue weighted by molar-refractivity contribution is -0.110. The van der Waals surface area contributed by atoms with Gasteiger partial charge in [0.15, 0.2) is 16.9 Å². The van der Waals surface area contributed by atoms with E-state index in [2.05, 4.69) is 25.8 Å². The number of pyridine rings is 1. The molecule has 39 heavy (non-hydrogen) atoms. The molecular formula is C27H33N5O6S. The molecule has 3 aromatic rings. The van der Waals surface area contributed by atoms with Crippen LogP contribution in [0.15, 0.2) is 41.6 Å². The van der Waals surface area contributed by atoms with Crippen LogP contribution in [0.3, 0.4) is 0 Å². The monoisotopic (exact) mass is 555 g/mol. The number of oxime groups is 1. The zero-order valence-corrected chi connectivity index (χ0v) is 22.8. The summed E-state index contributed by atoms with van der Waals surface area (Å²) in [7, 11) is 1.85. The van der Waals surface area contributed by atoms with E-state index in [1.54, 1.807) is 31.2 Å². The Balaban J connectivity index is 1.35. The van der Waals surface area contributed by atoms with E-state index in [4.69, 9.17) is 19.0 Å². The maximum absolute atomic E-state index is 13.4. The van der Waals surface area contributed by atoms with Gasteiger partial charge in [-0.15, -0.1) is 0 Å². The van der Waals surface area contributed by atoms with E-state index in [-0.39, 0.29) is 17.7 Å². The first-order valence-corrected chi connectivity index (χ1v) is 13.8. The molecule has 1 aromatic carbocycles. The van der Waals surface area contributed by atoms with Gasteiger partial charge in [0, 0.05) is 37.1 Å². The Morgan fingerprint density at radius 1 is 1.15 bits per heavy atom. The van der Waals surface area contributed by atoms with Crippen LogP contribution in [0.1, 0.15) is 30.9 Å². The fourth-order valence-corrected chi connectivity index (χ4v) is 5.30. The van der Waals surface area contributed by atoms with Crippen LogP contribution in [0.5, 0.6) is 5.88 Å². The van der Waals surface area contributed by atoms with Gasteiger partial charge in [0.05, 0.1) is 25.4 Å². The summed E-state index contributed by atoms with van der Waals surface area (Å²) >= 11 is 1.24. The molecule has 0 aliphatic carbocycles. The maximum Gasteiger partial charge on any atom is 0.280 e. The van der Waals surface area contributed by atoms with Crippen molar-refractivity contribution in [1.29, 1.82) is 0 Å². The molecule has 2 fully saturated rings. The standard InChI is InChI=1S/C27H33N5O6S/c1-27(34,19-9-12-35-15-19)18-5-3-17(4-6-18)23(32-38-20-10-13-36-16-20)24(33)31-26-29-21-7-8-22(30-25(21)39-26)37-14-11-28-2/h3-8,19-20,28,34H,9-16H2,1-2H3,(H,29,31,33)/b32-23-/t19-,20+,27?/m0/s1. The number of aliphatic hydroxyl groups is 1.